The number of thiophene rings is 1. The molecule has 0 spiro atoms. The Morgan fingerprint density at radius 2 is 1.83 bits per heavy atom. The van der Waals surface area contributed by atoms with E-state index in [9.17, 15) is 5.11 Å². The molecule has 96 valence electrons. The summed E-state index contributed by atoms with van der Waals surface area (Å²) < 4.78 is 0. The van der Waals surface area contributed by atoms with Crippen LogP contribution in [-0.2, 0) is 12.8 Å². The molecule has 0 radical (unpaired) electrons. The molecule has 0 saturated heterocycles. The van der Waals surface area contributed by atoms with Crippen LogP contribution in [-0.4, -0.2) is 5.11 Å². The molecule has 0 aliphatic rings. The molecule has 1 heterocycles. The molecule has 1 unspecified atom stereocenters. The first-order valence-electron chi connectivity index (χ1n) is 5.80. The van der Waals surface area contributed by atoms with E-state index in [2.05, 4.69) is 19.1 Å². The highest BCUT2D eigenvalue weighted by atomic mass is 35.5. The van der Waals surface area contributed by atoms with Crippen LogP contribution in [0.25, 0.3) is 0 Å². The number of hydrogen-bond donors (Lipinski definition) is 1. The molecule has 0 saturated carbocycles. The molecule has 0 aliphatic carbocycles. The quantitative estimate of drug-likeness (QED) is 0.852. The molecule has 2 aromatic rings. The van der Waals surface area contributed by atoms with Crippen molar-refractivity contribution in [3.8, 4) is 0 Å². The topological polar surface area (TPSA) is 20.2 Å². The van der Waals surface area contributed by atoms with E-state index in [1.807, 2.05) is 6.07 Å². The summed E-state index contributed by atoms with van der Waals surface area (Å²) in [5, 5.41) is 11.2. The minimum atomic E-state index is -0.539. The number of hydrogen-bond acceptors (Lipinski definition) is 2. The number of aryl methyl sites for hydroxylation is 1. The fourth-order valence-electron chi connectivity index (χ4n) is 1.75. The minimum Gasteiger partial charge on any atom is -0.388 e. The largest absolute Gasteiger partial charge is 0.388 e. The number of benzene rings is 1. The Morgan fingerprint density at radius 1 is 1.11 bits per heavy atom. The van der Waals surface area contributed by atoms with Crippen LogP contribution in [0.15, 0.2) is 30.3 Å². The van der Waals surface area contributed by atoms with Crippen molar-refractivity contribution in [1.29, 1.82) is 0 Å². The van der Waals surface area contributed by atoms with E-state index in [1.165, 1.54) is 9.75 Å². The summed E-state index contributed by atoms with van der Waals surface area (Å²) in [5.41, 5.74) is 0.802. The lowest BCUT2D eigenvalue weighted by Crippen LogP contribution is -2.00. The van der Waals surface area contributed by atoms with Crippen LogP contribution in [0.5, 0.6) is 0 Å². The SMILES string of the molecule is CCc1ccc(CC(O)c2ccc(Cl)c(Cl)c2)s1. The van der Waals surface area contributed by atoms with Crippen molar-refractivity contribution in [2.45, 2.75) is 25.9 Å². The van der Waals surface area contributed by atoms with Crippen LogP contribution in [0.3, 0.4) is 0 Å². The second kappa shape index (κ2) is 6.07. The molecule has 0 amide bonds. The summed E-state index contributed by atoms with van der Waals surface area (Å²) in [6.07, 6.45) is 1.11. The molecule has 0 aliphatic heterocycles. The van der Waals surface area contributed by atoms with Crippen molar-refractivity contribution in [3.05, 3.63) is 55.7 Å². The zero-order chi connectivity index (χ0) is 13.1. The first-order valence-corrected chi connectivity index (χ1v) is 7.38. The Hall–Kier alpha value is -0.540. The second-order valence-corrected chi connectivity index (χ2v) is 6.18. The Labute approximate surface area is 121 Å². The van der Waals surface area contributed by atoms with Crippen LogP contribution in [0.2, 0.25) is 10.0 Å². The van der Waals surface area contributed by atoms with Gasteiger partial charge in [0, 0.05) is 16.2 Å². The summed E-state index contributed by atoms with van der Waals surface area (Å²) in [5.74, 6) is 0. The molecule has 1 aromatic heterocycles. The Balaban J connectivity index is 2.11. The van der Waals surface area contributed by atoms with Gasteiger partial charge in [-0.1, -0.05) is 36.2 Å². The number of halogens is 2. The van der Waals surface area contributed by atoms with Gasteiger partial charge in [0.15, 0.2) is 0 Å². The van der Waals surface area contributed by atoms with Gasteiger partial charge in [-0.3, -0.25) is 0 Å². The third kappa shape index (κ3) is 3.27. The van der Waals surface area contributed by atoms with Gasteiger partial charge < -0.3 is 5.11 Å². The van der Waals surface area contributed by atoms with E-state index in [0.717, 1.165) is 12.0 Å². The molecule has 1 nitrogen and oxygen atoms in total. The Morgan fingerprint density at radius 3 is 2.44 bits per heavy atom. The van der Waals surface area contributed by atoms with Gasteiger partial charge in [-0.25, -0.2) is 0 Å². The van der Waals surface area contributed by atoms with Gasteiger partial charge in [-0.05, 0) is 36.2 Å². The summed E-state index contributed by atoms with van der Waals surface area (Å²) in [7, 11) is 0. The Bertz CT molecular complexity index is 536. The third-order valence-corrected chi connectivity index (χ3v) is 4.78. The van der Waals surface area contributed by atoms with Crippen molar-refractivity contribution >= 4 is 34.5 Å². The minimum absolute atomic E-state index is 0.480. The fourth-order valence-corrected chi connectivity index (χ4v) is 3.05. The van der Waals surface area contributed by atoms with Crippen molar-refractivity contribution in [1.82, 2.24) is 0 Å². The van der Waals surface area contributed by atoms with Crippen molar-refractivity contribution in [3.63, 3.8) is 0 Å². The van der Waals surface area contributed by atoms with E-state index in [4.69, 9.17) is 23.2 Å². The third-order valence-electron chi connectivity index (χ3n) is 2.79. The van der Waals surface area contributed by atoms with Gasteiger partial charge in [0.2, 0.25) is 0 Å². The predicted octanol–water partition coefficient (Wildman–Crippen LogP) is 4.89. The molecule has 1 atom stereocenters. The van der Waals surface area contributed by atoms with Crippen LogP contribution in [0.4, 0.5) is 0 Å². The number of aliphatic hydroxyl groups is 1. The van der Waals surface area contributed by atoms with Gasteiger partial charge in [-0.15, -0.1) is 11.3 Å². The van der Waals surface area contributed by atoms with E-state index in [0.29, 0.717) is 16.5 Å². The lowest BCUT2D eigenvalue weighted by atomic mass is 10.1. The van der Waals surface area contributed by atoms with Gasteiger partial charge in [-0.2, -0.15) is 0 Å². The van der Waals surface area contributed by atoms with Crippen molar-refractivity contribution in [2.75, 3.05) is 0 Å². The molecule has 1 N–H and O–H groups in total. The average Bonchev–Trinajstić information content (AvgIpc) is 2.80. The molecule has 18 heavy (non-hydrogen) atoms. The molecular weight excluding hydrogens is 287 g/mol. The summed E-state index contributed by atoms with van der Waals surface area (Å²) in [6, 6.07) is 9.44. The van der Waals surface area contributed by atoms with Gasteiger partial charge in [0.25, 0.3) is 0 Å². The van der Waals surface area contributed by atoms with Gasteiger partial charge in [0.1, 0.15) is 0 Å². The lowest BCUT2D eigenvalue weighted by Gasteiger charge is -2.10. The zero-order valence-electron chi connectivity index (χ0n) is 9.99. The molecule has 0 fully saturated rings. The standard InChI is InChI=1S/C14H14Cl2OS/c1-2-10-4-5-11(18-10)8-14(17)9-3-6-12(15)13(16)7-9/h3-7,14,17H,2,8H2,1H3. The maximum Gasteiger partial charge on any atom is 0.0838 e. The van der Waals surface area contributed by atoms with Crippen molar-refractivity contribution in [2.24, 2.45) is 0 Å². The highest BCUT2D eigenvalue weighted by molar-refractivity contribution is 7.11. The van der Waals surface area contributed by atoms with E-state index in [-0.39, 0.29) is 0 Å². The summed E-state index contributed by atoms with van der Waals surface area (Å²) in [4.78, 5) is 2.52. The van der Waals surface area contributed by atoms with E-state index >= 15 is 0 Å². The first-order chi connectivity index (χ1) is 8.60. The zero-order valence-corrected chi connectivity index (χ0v) is 12.3. The summed E-state index contributed by atoms with van der Waals surface area (Å²) in [6.45, 7) is 2.13. The fraction of sp³-hybridized carbons (Fsp3) is 0.286. The number of rotatable bonds is 4. The first kappa shape index (κ1) is 13.9. The normalized spacial score (nSPS) is 12.7. The maximum absolute atomic E-state index is 10.2. The number of aliphatic hydroxyl groups excluding tert-OH is 1. The highest BCUT2D eigenvalue weighted by Gasteiger charge is 2.11. The van der Waals surface area contributed by atoms with Crippen LogP contribution in [0, 0.1) is 0 Å². The summed E-state index contributed by atoms with van der Waals surface area (Å²) >= 11 is 13.5. The van der Waals surface area contributed by atoms with E-state index in [1.54, 1.807) is 23.5 Å². The highest BCUT2D eigenvalue weighted by Crippen LogP contribution is 2.28. The predicted molar refractivity (Wildman–Crippen MR) is 78.8 cm³/mol. The van der Waals surface area contributed by atoms with E-state index < -0.39 is 6.10 Å². The van der Waals surface area contributed by atoms with Crippen LogP contribution < -0.4 is 0 Å². The lowest BCUT2D eigenvalue weighted by molar-refractivity contribution is 0.179. The molecule has 4 heteroatoms. The molecule has 0 bridgehead atoms. The second-order valence-electron chi connectivity index (χ2n) is 4.12. The smallest absolute Gasteiger partial charge is 0.0838 e. The Kier molecular flexibility index (Phi) is 4.68. The molecule has 1 aromatic carbocycles. The van der Waals surface area contributed by atoms with Crippen LogP contribution >= 0.6 is 34.5 Å². The average molecular weight is 301 g/mol. The van der Waals surface area contributed by atoms with Crippen molar-refractivity contribution < 1.29 is 5.11 Å². The molecular formula is C14H14Cl2OS. The monoisotopic (exact) mass is 300 g/mol. The van der Waals surface area contributed by atoms with Crippen LogP contribution in [0.1, 0.15) is 28.3 Å². The van der Waals surface area contributed by atoms with Gasteiger partial charge in [0.05, 0.1) is 16.1 Å². The van der Waals surface area contributed by atoms with Gasteiger partial charge >= 0.3 is 0 Å². The maximum atomic E-state index is 10.2. The molecule has 2 rings (SSSR count).